The molecule has 0 unspecified atom stereocenters. The molecular formula is C20H21FN6O2. The lowest BCUT2D eigenvalue weighted by molar-refractivity contribution is 0.600. The predicted octanol–water partition coefficient (Wildman–Crippen LogP) is 2.01. The summed E-state index contributed by atoms with van der Waals surface area (Å²) < 4.78 is 18.4. The van der Waals surface area contributed by atoms with Crippen molar-refractivity contribution in [1.29, 1.82) is 0 Å². The second-order valence-electron chi connectivity index (χ2n) is 7.34. The van der Waals surface area contributed by atoms with Gasteiger partial charge < -0.3 is 0 Å². The van der Waals surface area contributed by atoms with E-state index in [1.807, 2.05) is 6.92 Å². The van der Waals surface area contributed by atoms with Crippen LogP contribution in [0.1, 0.15) is 19.4 Å². The molecule has 0 bridgehead atoms. The normalized spacial score (nSPS) is 13.5. The molecule has 0 radical (unpaired) electrons. The third-order valence-electron chi connectivity index (χ3n) is 4.83. The third kappa shape index (κ3) is 3.08. The molecule has 8 nitrogen and oxygen atoms in total. The quantitative estimate of drug-likeness (QED) is 0.632. The van der Waals surface area contributed by atoms with Gasteiger partial charge in [-0.25, -0.2) is 14.2 Å². The average molecular weight is 396 g/mol. The molecular weight excluding hydrogens is 375 g/mol. The van der Waals surface area contributed by atoms with Crippen LogP contribution in [0.25, 0.3) is 11.2 Å². The van der Waals surface area contributed by atoms with Crippen LogP contribution in [0.2, 0.25) is 0 Å². The van der Waals surface area contributed by atoms with E-state index < -0.39 is 11.2 Å². The SMILES string of the molecule is C=C(C)Cn1c(=O)c2c(nc3n2CC(C)=NN3Cc2ccccc2F)n(C)c1=O. The fourth-order valence-corrected chi connectivity index (χ4v) is 3.52. The first-order chi connectivity index (χ1) is 13.8. The number of aryl methyl sites for hydroxylation is 1. The minimum absolute atomic E-state index is 0.133. The second-order valence-corrected chi connectivity index (χ2v) is 7.34. The van der Waals surface area contributed by atoms with Crippen molar-refractivity contribution in [2.75, 3.05) is 5.01 Å². The van der Waals surface area contributed by atoms with Crippen LogP contribution in [0.4, 0.5) is 10.3 Å². The van der Waals surface area contributed by atoms with Gasteiger partial charge in [-0.15, -0.1) is 0 Å². The molecule has 0 aliphatic carbocycles. The Morgan fingerprint density at radius 3 is 2.69 bits per heavy atom. The van der Waals surface area contributed by atoms with E-state index in [1.165, 1.54) is 10.6 Å². The number of benzene rings is 1. The number of hydrogen-bond acceptors (Lipinski definition) is 5. The van der Waals surface area contributed by atoms with Gasteiger partial charge in [0.1, 0.15) is 5.82 Å². The molecule has 3 heterocycles. The highest BCUT2D eigenvalue weighted by Gasteiger charge is 2.27. The molecule has 0 saturated carbocycles. The van der Waals surface area contributed by atoms with E-state index in [2.05, 4.69) is 16.7 Å². The minimum Gasteiger partial charge on any atom is -0.297 e. The number of rotatable bonds is 4. The Labute approximate surface area is 165 Å². The van der Waals surface area contributed by atoms with Crippen LogP contribution in [0, 0.1) is 5.82 Å². The molecule has 0 atom stereocenters. The lowest BCUT2D eigenvalue weighted by atomic mass is 10.2. The summed E-state index contributed by atoms with van der Waals surface area (Å²) >= 11 is 0. The Bertz CT molecular complexity index is 1300. The van der Waals surface area contributed by atoms with Crippen LogP contribution in [-0.4, -0.2) is 24.4 Å². The Kier molecular flexibility index (Phi) is 4.45. The maximum absolute atomic E-state index is 14.2. The van der Waals surface area contributed by atoms with E-state index in [-0.39, 0.29) is 24.6 Å². The molecule has 0 fully saturated rings. The predicted molar refractivity (Wildman–Crippen MR) is 110 cm³/mol. The van der Waals surface area contributed by atoms with Gasteiger partial charge in [-0.1, -0.05) is 30.4 Å². The molecule has 4 rings (SSSR count). The molecule has 29 heavy (non-hydrogen) atoms. The molecule has 0 spiro atoms. The minimum atomic E-state index is -0.459. The molecule has 150 valence electrons. The van der Waals surface area contributed by atoms with Gasteiger partial charge in [0, 0.05) is 12.6 Å². The van der Waals surface area contributed by atoms with Gasteiger partial charge in [-0.05, 0) is 19.9 Å². The molecule has 3 aromatic rings. The van der Waals surface area contributed by atoms with Crippen molar-refractivity contribution >= 4 is 22.8 Å². The number of imidazole rings is 1. The van der Waals surface area contributed by atoms with Crippen molar-refractivity contribution in [3.8, 4) is 0 Å². The molecule has 1 aromatic carbocycles. The Balaban J connectivity index is 1.93. The van der Waals surface area contributed by atoms with Gasteiger partial charge in [-0.2, -0.15) is 10.1 Å². The molecule has 0 saturated heterocycles. The fourth-order valence-electron chi connectivity index (χ4n) is 3.52. The van der Waals surface area contributed by atoms with Crippen LogP contribution >= 0.6 is 0 Å². The Morgan fingerprint density at radius 1 is 1.28 bits per heavy atom. The van der Waals surface area contributed by atoms with Crippen LogP contribution in [0.5, 0.6) is 0 Å². The van der Waals surface area contributed by atoms with Crippen LogP contribution in [0.15, 0.2) is 51.1 Å². The van der Waals surface area contributed by atoms with Gasteiger partial charge in [-0.3, -0.25) is 18.5 Å². The van der Waals surface area contributed by atoms with Crippen molar-refractivity contribution < 1.29 is 4.39 Å². The van der Waals surface area contributed by atoms with E-state index in [4.69, 9.17) is 0 Å². The zero-order valence-corrected chi connectivity index (χ0v) is 16.5. The summed E-state index contributed by atoms with van der Waals surface area (Å²) in [5, 5.41) is 6.06. The standard InChI is InChI=1S/C20H21FN6O2/c1-12(2)9-26-18(28)16-17(24(4)20(26)29)22-19-25(16)10-13(3)23-27(19)11-14-7-5-6-8-15(14)21/h5-8H,1,9-11H2,2-4H3. The maximum atomic E-state index is 14.2. The summed E-state index contributed by atoms with van der Waals surface area (Å²) in [6.45, 7) is 8.04. The number of anilines is 1. The van der Waals surface area contributed by atoms with Crippen molar-refractivity contribution in [1.82, 2.24) is 18.7 Å². The van der Waals surface area contributed by atoms with Crippen LogP contribution < -0.4 is 16.3 Å². The zero-order valence-electron chi connectivity index (χ0n) is 16.5. The van der Waals surface area contributed by atoms with Gasteiger partial charge >= 0.3 is 5.69 Å². The highest BCUT2D eigenvalue weighted by molar-refractivity contribution is 5.87. The summed E-state index contributed by atoms with van der Waals surface area (Å²) in [5.74, 6) is 0.0545. The number of fused-ring (bicyclic) bond motifs is 3. The number of allylic oxidation sites excluding steroid dienone is 1. The van der Waals surface area contributed by atoms with Gasteiger partial charge in [0.2, 0.25) is 5.95 Å². The number of hydrazone groups is 1. The summed E-state index contributed by atoms with van der Waals surface area (Å²) in [5.41, 5.74) is 1.60. The van der Waals surface area contributed by atoms with Crippen molar-refractivity contribution in [3.63, 3.8) is 0 Å². The smallest absolute Gasteiger partial charge is 0.297 e. The Morgan fingerprint density at radius 2 is 2.00 bits per heavy atom. The van der Waals surface area contributed by atoms with E-state index in [9.17, 15) is 14.0 Å². The van der Waals surface area contributed by atoms with Crippen LogP contribution in [0.3, 0.4) is 0 Å². The van der Waals surface area contributed by atoms with E-state index >= 15 is 0 Å². The first kappa shape index (κ1) is 18.9. The zero-order chi connectivity index (χ0) is 20.9. The van der Waals surface area contributed by atoms with Gasteiger partial charge in [0.25, 0.3) is 5.56 Å². The van der Waals surface area contributed by atoms with Crippen molar-refractivity contribution in [2.24, 2.45) is 12.1 Å². The summed E-state index contributed by atoms with van der Waals surface area (Å²) in [4.78, 5) is 30.3. The first-order valence-corrected chi connectivity index (χ1v) is 9.17. The molecule has 1 aliphatic rings. The fraction of sp³-hybridized carbons (Fsp3) is 0.300. The van der Waals surface area contributed by atoms with Gasteiger partial charge in [0.15, 0.2) is 11.2 Å². The van der Waals surface area contributed by atoms with E-state index in [0.29, 0.717) is 29.1 Å². The van der Waals surface area contributed by atoms with Crippen LogP contribution in [-0.2, 0) is 26.7 Å². The van der Waals surface area contributed by atoms with E-state index in [1.54, 1.807) is 41.7 Å². The van der Waals surface area contributed by atoms with Crippen molar-refractivity contribution in [2.45, 2.75) is 33.5 Å². The number of hydrogen-bond donors (Lipinski definition) is 0. The highest BCUT2D eigenvalue weighted by atomic mass is 19.1. The largest absolute Gasteiger partial charge is 0.332 e. The number of halogens is 1. The molecule has 0 amide bonds. The van der Waals surface area contributed by atoms with Gasteiger partial charge in [0.05, 0.1) is 25.3 Å². The monoisotopic (exact) mass is 396 g/mol. The molecule has 1 aliphatic heterocycles. The van der Waals surface area contributed by atoms with E-state index in [0.717, 1.165) is 10.3 Å². The molecule has 2 aromatic heterocycles. The maximum Gasteiger partial charge on any atom is 0.332 e. The second kappa shape index (κ2) is 6.84. The third-order valence-corrected chi connectivity index (χ3v) is 4.83. The molecule has 9 heteroatoms. The summed E-state index contributed by atoms with van der Waals surface area (Å²) in [7, 11) is 1.58. The molecule has 0 N–H and O–H groups in total. The summed E-state index contributed by atoms with van der Waals surface area (Å²) in [6, 6.07) is 6.44. The average Bonchev–Trinajstić information content (AvgIpc) is 3.05. The highest BCUT2D eigenvalue weighted by Crippen LogP contribution is 2.25. The first-order valence-electron chi connectivity index (χ1n) is 9.17. The number of aromatic nitrogens is 4. The Hall–Kier alpha value is -3.49. The summed E-state index contributed by atoms with van der Waals surface area (Å²) in [6.07, 6.45) is 0. The topological polar surface area (TPSA) is 77.4 Å². The number of nitrogens with zero attached hydrogens (tertiary/aromatic N) is 6. The lowest BCUT2D eigenvalue weighted by Gasteiger charge is -2.25. The van der Waals surface area contributed by atoms with Crippen molar-refractivity contribution in [3.05, 3.63) is 68.6 Å². The lowest BCUT2D eigenvalue weighted by Crippen LogP contribution is -2.40.